The van der Waals surface area contributed by atoms with E-state index in [9.17, 15) is 69.9 Å². The standard InChI is InChI=1S/C89H111N9O22S2/c1-53(2)78(96-75(99)40-39-69(81(103)91-42-43-114-11)94-80(102)62-27-25-61(26-28-62)79(101)63(50-121(110,111)66-35-19-55(5)20-36-66)51-122(112,113)67-37-21-56(6)22-38-67)83(105)95-68(17-15-41-92-85(90)107)82(104)93-64-31-23-58(24-32-64)49-117-65-33-29-60(30-34-65)77-70-45-59(46-71(77)115-12)44-57(7)16-14-18-72(116-13)89(109)48-74(119-86(108)97-89)88(9)52-87(8,120-88)73(47-76(100)98(70)10)118-84(106)54(3)4/h14,16,18-38,45-46,53-54,63,68-69,72-74,78,109H,15,17,39-44,47-52H2,1-13H3,(H,91,103)(H,93,104)(H,94,102)(H,95,105)(H,96,99)(H,97,108)(H3,90,92,107)/b18-14-,57-16-/t68-,69-,72-,73+,74+,78-,87+,88?,89?/m1/s1. The third kappa shape index (κ3) is 24.9. The number of carbonyl (C=O) groups is 10. The average molecular weight is 1720 g/mol. The SMILES string of the molecule is COCCNC(=O)[C@@H](CCC(=O)N[C@@H](C(=O)N[C@H](CCCNC(N)=O)C(=O)Nc1ccc(COc2ccc(-c3c(OC)cc4cc3N(C)C(=O)C[C@H](OC(=O)C(C)C)[C@]3(C)CC(C)(O3)[C@@H]3CC(O)(NC(=O)O3)[C@H](OC)/C=C\C=C(\C)C4)cc2)cc1)C(C)C)NC(=O)c1ccc(C(=O)C(CS(=O)(=O)c2ccc(C)cc2)CS(=O)(=O)c2ccc(C)cc2)cc1. The molecule has 6 aromatic rings. The first-order valence-corrected chi connectivity index (χ1v) is 43.5. The van der Waals surface area contributed by atoms with Crippen LogP contribution in [-0.2, 0) is 85.2 Å². The van der Waals surface area contributed by atoms with Crippen LogP contribution in [0.2, 0.25) is 0 Å². The molecule has 0 radical (unpaired) electrons. The van der Waals surface area contributed by atoms with E-state index in [1.54, 1.807) is 135 Å². The number of hydrogen-bond acceptors (Lipinski definition) is 22. The van der Waals surface area contributed by atoms with Gasteiger partial charge in [0.25, 0.3) is 5.91 Å². The van der Waals surface area contributed by atoms with Crippen LogP contribution in [0.3, 0.4) is 0 Å². The molecule has 4 aliphatic heterocycles. The molecule has 0 aromatic heterocycles. The zero-order valence-electron chi connectivity index (χ0n) is 70.9. The number of anilines is 2. The van der Waals surface area contributed by atoms with Crippen LogP contribution in [0.25, 0.3) is 11.1 Å². The summed E-state index contributed by atoms with van der Waals surface area (Å²) in [5.74, 6) is -8.90. The molecule has 10 N–H and O–H groups in total. The summed E-state index contributed by atoms with van der Waals surface area (Å²) in [6.07, 6.45) is 0.816. The van der Waals surface area contributed by atoms with Gasteiger partial charge in [-0.2, -0.15) is 0 Å². The number of carbonyl (C=O) groups excluding carboxylic acids is 10. The summed E-state index contributed by atoms with van der Waals surface area (Å²) in [5, 5.41) is 30.6. The number of hydrogen-bond donors (Lipinski definition) is 9. The molecule has 4 aliphatic rings. The number of primary amides is 1. The summed E-state index contributed by atoms with van der Waals surface area (Å²) >= 11 is 0. The molecule has 31 nitrogen and oxygen atoms in total. The number of ketones is 1. The van der Waals surface area contributed by atoms with E-state index >= 15 is 0 Å². The van der Waals surface area contributed by atoms with E-state index in [0.29, 0.717) is 46.0 Å². The maximum Gasteiger partial charge on any atom is 0.409 e. The van der Waals surface area contributed by atoms with Crippen molar-refractivity contribution in [1.29, 1.82) is 0 Å². The van der Waals surface area contributed by atoms with Crippen LogP contribution in [0.1, 0.15) is 136 Å². The summed E-state index contributed by atoms with van der Waals surface area (Å²) in [5.41, 5.74) is 6.80. The number of methoxy groups -OCH3 is 3. The molecule has 33 heteroatoms. The molecule has 0 aliphatic carbocycles. The summed E-state index contributed by atoms with van der Waals surface area (Å²) in [7, 11) is -2.45. The van der Waals surface area contributed by atoms with E-state index in [1.165, 1.54) is 74.8 Å². The highest BCUT2D eigenvalue weighted by Gasteiger charge is 2.63. The molecular weight excluding hydrogens is 1610 g/mol. The van der Waals surface area contributed by atoms with Crippen molar-refractivity contribution in [1.82, 2.24) is 31.9 Å². The van der Waals surface area contributed by atoms with Gasteiger partial charge in [0, 0.05) is 76.0 Å². The number of benzene rings is 6. The molecule has 9 amide bonds. The molecule has 2 unspecified atom stereocenters. The fourth-order valence-corrected chi connectivity index (χ4v) is 18.0. The minimum Gasteiger partial charge on any atom is -0.496 e. The normalized spacial score (nSPS) is 20.7. The van der Waals surface area contributed by atoms with Crippen LogP contribution in [-0.4, -0.2) is 194 Å². The number of fused-ring (bicyclic) bond motifs is 6. The smallest absolute Gasteiger partial charge is 0.409 e. The van der Waals surface area contributed by atoms with Gasteiger partial charge in [0.2, 0.25) is 29.5 Å². The zero-order valence-corrected chi connectivity index (χ0v) is 72.5. The van der Waals surface area contributed by atoms with E-state index in [2.05, 4.69) is 37.2 Å². The van der Waals surface area contributed by atoms with Crippen molar-refractivity contribution in [2.75, 3.05) is 69.8 Å². The number of allylic oxidation sites excluding steroid dienone is 3. The van der Waals surface area contributed by atoms with Crippen LogP contribution < -0.4 is 57.3 Å². The van der Waals surface area contributed by atoms with Crippen LogP contribution >= 0.6 is 0 Å². The van der Waals surface area contributed by atoms with Gasteiger partial charge in [-0.3, -0.25) is 43.7 Å². The largest absolute Gasteiger partial charge is 0.496 e. The Balaban J connectivity index is 0.851. The quantitative estimate of drug-likeness (QED) is 0.0102. The van der Waals surface area contributed by atoms with Crippen molar-refractivity contribution in [2.24, 2.45) is 23.5 Å². The second kappa shape index (κ2) is 41.5. The Labute approximate surface area is 711 Å². The Morgan fingerprint density at radius 1 is 0.713 bits per heavy atom. The summed E-state index contributed by atoms with van der Waals surface area (Å²) in [6.45, 7) is 15.8. The van der Waals surface area contributed by atoms with Gasteiger partial charge in [0.15, 0.2) is 31.2 Å². The fourth-order valence-electron chi connectivity index (χ4n) is 14.8. The predicted octanol–water partition coefficient (Wildman–Crippen LogP) is 8.78. The van der Waals surface area contributed by atoms with Crippen molar-refractivity contribution >= 4 is 90.4 Å². The molecule has 0 spiro atoms. The van der Waals surface area contributed by atoms with Gasteiger partial charge < -0.3 is 80.8 Å². The Morgan fingerprint density at radius 3 is 1.89 bits per heavy atom. The summed E-state index contributed by atoms with van der Waals surface area (Å²) in [6, 6.07) is 29.9. The van der Waals surface area contributed by atoms with E-state index in [4.69, 9.17) is 38.9 Å². The maximum absolute atomic E-state index is 14.9. The van der Waals surface area contributed by atoms with Gasteiger partial charge in [-0.25, -0.2) is 26.4 Å². The Bertz CT molecular complexity index is 5000. The van der Waals surface area contributed by atoms with Gasteiger partial charge in [0.1, 0.15) is 65.7 Å². The number of nitrogens with one attached hydrogen (secondary N) is 7. The molecule has 2 saturated heterocycles. The van der Waals surface area contributed by atoms with Crippen LogP contribution in [0.5, 0.6) is 11.5 Å². The van der Waals surface area contributed by atoms with E-state index in [1.807, 2.05) is 37.3 Å². The van der Waals surface area contributed by atoms with Crippen molar-refractivity contribution in [3.63, 3.8) is 0 Å². The molecule has 6 aromatic carbocycles. The minimum atomic E-state index is -4.22. The van der Waals surface area contributed by atoms with Gasteiger partial charge >= 0.3 is 18.1 Å². The number of alkyl carbamates (subject to hydrolysis) is 1. The molecule has 9 atom stereocenters. The highest BCUT2D eigenvalue weighted by Crippen LogP contribution is 2.51. The molecule has 10 rings (SSSR count). The first-order valence-electron chi connectivity index (χ1n) is 40.2. The van der Waals surface area contributed by atoms with Crippen molar-refractivity contribution < 1.29 is 103 Å². The molecule has 4 heterocycles. The number of nitrogens with zero attached hydrogens (tertiary/aromatic N) is 1. The van der Waals surface area contributed by atoms with Gasteiger partial charge in [-0.05, 0) is 156 Å². The average Bonchev–Trinajstić information content (AvgIpc) is 0.837. The Kier molecular flexibility index (Phi) is 32.1. The number of aliphatic hydroxyl groups is 1. The highest BCUT2D eigenvalue weighted by atomic mass is 32.2. The minimum absolute atomic E-state index is 0.0000194. The first-order chi connectivity index (χ1) is 57.6. The number of rotatable bonds is 35. The van der Waals surface area contributed by atoms with Crippen molar-refractivity contribution in [3.05, 3.63) is 191 Å². The molecule has 0 saturated carbocycles. The van der Waals surface area contributed by atoms with Crippen LogP contribution in [0.4, 0.5) is 21.0 Å². The van der Waals surface area contributed by atoms with Crippen molar-refractivity contribution in [2.45, 2.75) is 183 Å². The van der Waals surface area contributed by atoms with E-state index in [0.717, 1.165) is 22.3 Å². The third-order valence-electron chi connectivity index (χ3n) is 21.6. The number of amides is 9. The lowest BCUT2D eigenvalue weighted by Gasteiger charge is -2.59. The van der Waals surface area contributed by atoms with Gasteiger partial charge in [0.05, 0.1) is 59.0 Å². The monoisotopic (exact) mass is 1720 g/mol. The molecule has 6 bridgehead atoms. The lowest BCUT2D eigenvalue weighted by molar-refractivity contribution is -0.328. The number of Topliss-reactive ketones (excluding diaryl/α,β-unsaturated/α-hetero) is 1. The Morgan fingerprint density at radius 2 is 1.32 bits per heavy atom. The number of ether oxygens (including phenoxy) is 7. The summed E-state index contributed by atoms with van der Waals surface area (Å²) < 4.78 is 96.8. The second-order valence-electron chi connectivity index (χ2n) is 32.2. The number of sulfone groups is 2. The zero-order chi connectivity index (χ0) is 89.2. The lowest BCUT2D eigenvalue weighted by atomic mass is 9.72. The molecule has 656 valence electrons. The topological polar surface area (TPSA) is 437 Å². The highest BCUT2D eigenvalue weighted by molar-refractivity contribution is 7.92. The molecular formula is C89H111N9O22S2. The predicted molar refractivity (Wildman–Crippen MR) is 455 cm³/mol. The fraction of sp³-hybridized carbons (Fsp3) is 0.438. The lowest BCUT2D eigenvalue weighted by Crippen LogP contribution is -2.72. The summed E-state index contributed by atoms with van der Waals surface area (Å²) in [4.78, 5) is 139. The number of urea groups is 1. The van der Waals surface area contributed by atoms with Crippen molar-refractivity contribution in [3.8, 4) is 22.6 Å². The van der Waals surface area contributed by atoms with E-state index < -0.39 is 168 Å². The molecule has 122 heavy (non-hydrogen) atoms. The van der Waals surface area contributed by atoms with Gasteiger partial charge in [-0.15, -0.1) is 0 Å². The van der Waals surface area contributed by atoms with Crippen LogP contribution in [0.15, 0.2) is 167 Å². The number of nitrogens with two attached hydrogens (primary N) is 1. The number of aryl methyl sites for hydroxylation is 2. The second-order valence-corrected chi connectivity index (χ2v) is 36.2. The maximum atomic E-state index is 14.9. The van der Waals surface area contributed by atoms with Crippen LogP contribution in [0, 0.1) is 31.6 Å². The molecule has 2 fully saturated rings. The third-order valence-corrected chi connectivity index (χ3v) is 25.2. The Hall–Kier alpha value is -11.4. The first kappa shape index (κ1) is 94.5. The van der Waals surface area contributed by atoms with Gasteiger partial charge in [-0.1, -0.05) is 123 Å². The van der Waals surface area contributed by atoms with E-state index in [-0.39, 0.29) is 85.7 Å². The number of esters is 1.